The lowest BCUT2D eigenvalue weighted by molar-refractivity contribution is -0.140. The first-order valence-corrected chi connectivity index (χ1v) is 6.73. The van der Waals surface area contributed by atoms with E-state index in [1.54, 1.807) is 0 Å². The lowest BCUT2D eigenvalue weighted by Crippen LogP contribution is -2.50. The average molecular weight is 242 g/mol. The van der Waals surface area contributed by atoms with E-state index < -0.39 is 5.97 Å². The number of carboxylic acids is 1. The maximum absolute atomic E-state index is 11.2. The highest BCUT2D eigenvalue weighted by Gasteiger charge is 2.26. The standard InChI is InChI=1S/C13H26N2O2/c1-4-5-6-12(13(16)17)14-11-7-8-15(3)10(2)9-11/h10-12,14H,4-9H2,1-3H3,(H,16,17). The molecular weight excluding hydrogens is 216 g/mol. The molecule has 0 saturated carbocycles. The Morgan fingerprint density at radius 2 is 2.29 bits per heavy atom. The number of unbranched alkanes of at least 4 members (excludes halogenated alkanes) is 1. The fourth-order valence-electron chi connectivity index (χ4n) is 2.41. The minimum absolute atomic E-state index is 0.360. The largest absolute Gasteiger partial charge is 0.480 e. The van der Waals surface area contributed by atoms with E-state index in [9.17, 15) is 9.90 Å². The summed E-state index contributed by atoms with van der Waals surface area (Å²) in [7, 11) is 2.13. The number of piperidine rings is 1. The molecule has 0 aromatic heterocycles. The topological polar surface area (TPSA) is 52.6 Å². The Kier molecular flexibility index (Phi) is 5.92. The zero-order valence-corrected chi connectivity index (χ0v) is 11.3. The summed E-state index contributed by atoms with van der Waals surface area (Å²) in [5.74, 6) is -0.704. The number of hydrogen-bond donors (Lipinski definition) is 2. The molecule has 4 heteroatoms. The number of carbonyl (C=O) groups is 1. The van der Waals surface area contributed by atoms with E-state index in [0.717, 1.165) is 38.6 Å². The fourth-order valence-corrected chi connectivity index (χ4v) is 2.41. The van der Waals surface area contributed by atoms with Crippen LogP contribution in [0.2, 0.25) is 0 Å². The summed E-state index contributed by atoms with van der Waals surface area (Å²) < 4.78 is 0. The third-order valence-electron chi connectivity index (χ3n) is 3.79. The van der Waals surface area contributed by atoms with Gasteiger partial charge in [-0.05, 0) is 39.8 Å². The number of rotatable bonds is 6. The van der Waals surface area contributed by atoms with Gasteiger partial charge in [0.05, 0.1) is 0 Å². The van der Waals surface area contributed by atoms with Gasteiger partial charge in [0, 0.05) is 12.1 Å². The van der Waals surface area contributed by atoms with Crippen molar-refractivity contribution in [3.8, 4) is 0 Å². The predicted octanol–water partition coefficient (Wildman–Crippen LogP) is 1.70. The van der Waals surface area contributed by atoms with Crippen molar-refractivity contribution in [3.63, 3.8) is 0 Å². The van der Waals surface area contributed by atoms with Gasteiger partial charge in [-0.1, -0.05) is 19.8 Å². The Bertz CT molecular complexity index is 246. The summed E-state index contributed by atoms with van der Waals surface area (Å²) in [6, 6.07) is 0.539. The summed E-state index contributed by atoms with van der Waals surface area (Å²) >= 11 is 0. The van der Waals surface area contributed by atoms with Gasteiger partial charge in [0.1, 0.15) is 6.04 Å². The SMILES string of the molecule is CCCCC(NC1CCN(C)C(C)C1)C(=O)O. The van der Waals surface area contributed by atoms with Gasteiger partial charge >= 0.3 is 5.97 Å². The second-order valence-electron chi connectivity index (χ2n) is 5.25. The minimum Gasteiger partial charge on any atom is -0.480 e. The lowest BCUT2D eigenvalue weighted by Gasteiger charge is -2.36. The van der Waals surface area contributed by atoms with Crippen LogP contribution in [-0.2, 0) is 4.79 Å². The number of aliphatic carboxylic acids is 1. The molecule has 2 N–H and O–H groups in total. The molecule has 4 nitrogen and oxygen atoms in total. The Hall–Kier alpha value is -0.610. The monoisotopic (exact) mass is 242 g/mol. The Morgan fingerprint density at radius 1 is 1.59 bits per heavy atom. The molecule has 0 amide bonds. The van der Waals surface area contributed by atoms with E-state index in [0.29, 0.717) is 12.1 Å². The maximum Gasteiger partial charge on any atom is 0.320 e. The van der Waals surface area contributed by atoms with E-state index in [1.807, 2.05) is 0 Å². The highest BCUT2D eigenvalue weighted by molar-refractivity contribution is 5.73. The third-order valence-corrected chi connectivity index (χ3v) is 3.79. The van der Waals surface area contributed by atoms with Crippen LogP contribution in [0.4, 0.5) is 0 Å². The summed E-state index contributed by atoms with van der Waals surface area (Å²) in [5, 5.41) is 12.5. The van der Waals surface area contributed by atoms with Crippen molar-refractivity contribution >= 4 is 5.97 Å². The van der Waals surface area contributed by atoms with Gasteiger partial charge in [-0.15, -0.1) is 0 Å². The molecule has 1 rings (SSSR count). The molecule has 3 atom stereocenters. The van der Waals surface area contributed by atoms with Crippen LogP contribution in [0.15, 0.2) is 0 Å². The van der Waals surface area contributed by atoms with Crippen molar-refractivity contribution in [3.05, 3.63) is 0 Å². The van der Waals surface area contributed by atoms with Gasteiger partial charge in [-0.2, -0.15) is 0 Å². The number of hydrogen-bond acceptors (Lipinski definition) is 3. The van der Waals surface area contributed by atoms with E-state index in [1.165, 1.54) is 0 Å². The molecule has 17 heavy (non-hydrogen) atoms. The first kappa shape index (κ1) is 14.5. The molecule has 0 aliphatic carbocycles. The second-order valence-corrected chi connectivity index (χ2v) is 5.25. The molecule has 0 spiro atoms. The smallest absolute Gasteiger partial charge is 0.320 e. The normalized spacial score (nSPS) is 27.9. The molecule has 1 aliphatic heterocycles. The van der Waals surface area contributed by atoms with E-state index in [4.69, 9.17) is 0 Å². The van der Waals surface area contributed by atoms with Gasteiger partial charge in [0.2, 0.25) is 0 Å². The molecule has 1 saturated heterocycles. The predicted molar refractivity (Wildman–Crippen MR) is 69.2 cm³/mol. The molecule has 1 fully saturated rings. The highest BCUT2D eigenvalue weighted by atomic mass is 16.4. The molecule has 3 unspecified atom stereocenters. The molecule has 0 aromatic carbocycles. The molecule has 0 radical (unpaired) electrons. The lowest BCUT2D eigenvalue weighted by atomic mass is 9.97. The number of nitrogens with one attached hydrogen (secondary N) is 1. The number of likely N-dealkylation sites (tertiary alicyclic amines) is 1. The molecule has 0 bridgehead atoms. The Morgan fingerprint density at radius 3 is 2.82 bits per heavy atom. The second kappa shape index (κ2) is 6.97. The van der Waals surface area contributed by atoms with Gasteiger partial charge in [0.25, 0.3) is 0 Å². The van der Waals surface area contributed by atoms with Crippen molar-refractivity contribution in [2.24, 2.45) is 0 Å². The molecule has 100 valence electrons. The molecule has 1 heterocycles. The van der Waals surface area contributed by atoms with Crippen LogP contribution in [-0.4, -0.2) is 47.7 Å². The first-order valence-electron chi connectivity index (χ1n) is 6.73. The van der Waals surface area contributed by atoms with Gasteiger partial charge in [-0.3, -0.25) is 4.79 Å². The van der Waals surface area contributed by atoms with Gasteiger partial charge in [-0.25, -0.2) is 0 Å². The van der Waals surface area contributed by atoms with Crippen LogP contribution in [0, 0.1) is 0 Å². The van der Waals surface area contributed by atoms with Crippen LogP contribution >= 0.6 is 0 Å². The Balaban J connectivity index is 2.41. The quantitative estimate of drug-likeness (QED) is 0.744. The summed E-state index contributed by atoms with van der Waals surface area (Å²) in [5.41, 5.74) is 0. The molecular formula is C13H26N2O2. The average Bonchev–Trinajstić information content (AvgIpc) is 2.28. The van der Waals surface area contributed by atoms with Crippen molar-refractivity contribution in [1.82, 2.24) is 10.2 Å². The van der Waals surface area contributed by atoms with Crippen LogP contribution in [0.1, 0.15) is 46.0 Å². The zero-order valence-electron chi connectivity index (χ0n) is 11.3. The zero-order chi connectivity index (χ0) is 12.8. The summed E-state index contributed by atoms with van der Waals surface area (Å²) in [4.78, 5) is 13.5. The van der Waals surface area contributed by atoms with Crippen molar-refractivity contribution < 1.29 is 9.90 Å². The van der Waals surface area contributed by atoms with Crippen LogP contribution in [0.5, 0.6) is 0 Å². The van der Waals surface area contributed by atoms with Crippen molar-refractivity contribution in [2.45, 2.75) is 64.1 Å². The minimum atomic E-state index is -0.704. The number of nitrogens with zero attached hydrogens (tertiary/aromatic N) is 1. The van der Waals surface area contributed by atoms with Gasteiger partial charge < -0.3 is 15.3 Å². The van der Waals surface area contributed by atoms with E-state index >= 15 is 0 Å². The van der Waals surface area contributed by atoms with Crippen molar-refractivity contribution in [1.29, 1.82) is 0 Å². The van der Waals surface area contributed by atoms with E-state index in [-0.39, 0.29) is 6.04 Å². The van der Waals surface area contributed by atoms with E-state index in [2.05, 4.69) is 31.1 Å². The third kappa shape index (κ3) is 4.64. The number of carboxylic acid groups (broad SMARTS) is 1. The van der Waals surface area contributed by atoms with Crippen molar-refractivity contribution in [2.75, 3.05) is 13.6 Å². The van der Waals surface area contributed by atoms with Gasteiger partial charge in [0.15, 0.2) is 0 Å². The van der Waals surface area contributed by atoms with Crippen LogP contribution in [0.3, 0.4) is 0 Å². The maximum atomic E-state index is 11.2. The summed E-state index contributed by atoms with van der Waals surface area (Å²) in [6.07, 6.45) is 4.87. The molecule has 1 aliphatic rings. The highest BCUT2D eigenvalue weighted by Crippen LogP contribution is 2.16. The fraction of sp³-hybridized carbons (Fsp3) is 0.923. The molecule has 0 aromatic rings. The van der Waals surface area contributed by atoms with Crippen LogP contribution < -0.4 is 5.32 Å². The first-order chi connectivity index (χ1) is 8.04. The summed E-state index contributed by atoms with van der Waals surface area (Å²) in [6.45, 7) is 5.35. The Labute approximate surface area is 104 Å². The van der Waals surface area contributed by atoms with Crippen LogP contribution in [0.25, 0.3) is 0 Å².